The van der Waals surface area contributed by atoms with E-state index in [-0.39, 0.29) is 83.2 Å². The van der Waals surface area contributed by atoms with Crippen molar-refractivity contribution in [1.82, 2.24) is 87.6 Å². The average Bonchev–Trinajstić information content (AvgIpc) is 1.59. The van der Waals surface area contributed by atoms with Crippen LogP contribution in [0.15, 0.2) is 85.2 Å². The maximum Gasteiger partial charge on any atom is 0.246 e. The number of phenols is 1. The number of nitrogens with two attached hydrogens (primary N) is 6. The van der Waals surface area contributed by atoms with Crippen LogP contribution in [-0.4, -0.2) is 314 Å². The van der Waals surface area contributed by atoms with E-state index in [2.05, 4.69) is 63.1 Å². The molecule has 3 saturated heterocycles. The molecule has 0 bridgehead atoms. The molecule has 708 valence electrons. The lowest BCUT2D eigenvalue weighted by atomic mass is 9.99. The Balaban J connectivity index is 1.18. The number of hydrogen-bond acceptors (Lipinski definition) is 24. The summed E-state index contributed by atoms with van der Waals surface area (Å²) in [5, 5.41) is 48.8. The number of aliphatic hydroxyl groups excluding tert-OH is 1. The van der Waals surface area contributed by atoms with Crippen LogP contribution in [0.3, 0.4) is 0 Å². The molecule has 2 aromatic heterocycles. The average molecular weight is 1830 g/mol. The van der Waals surface area contributed by atoms with E-state index in [1.54, 1.807) is 60.9 Å². The van der Waals surface area contributed by atoms with Crippen LogP contribution in [0.2, 0.25) is 0 Å². The normalized spacial score (nSPS) is 25.2. The standard InChI is InChI=1S/C86H123N23O20S/c1-7-9-20-65-79(122)98-57(30-32-88)76(119)104-64(74(117)95-42-71(92)114)44-130-45-72(115)96-60(34-47-23-25-50(110)26-24-47)82(125)105(4)46(3)73(116)101-62(38-70(91)113)85(128)108-33-15-22-66(108)80(123)103-63(39-89)78(121)99-58(27-28-69(90)112)84(127)109-43-51(111)37-68(109)81(124)100-59(35-48-40-93-54-18-13-11-16-52(48)54)77(120)97-56(29-31-87)75(118)102-61(36-49-41-94-55-19-14-12-17-53(49)55)83(126)107(6)67(21-10-8-2)86(129)106(65)5/h11-14,16-19,23-26,40-41,46,51,56-68,93-94,110-111H,7-10,15,20-22,27-39,42-45,87-89H2,1-6H3,(H2,90,112)(H2,91,113)(H2,92,114)(H,95,117)(H,96,115)(H,97,120)(H,98,122)(H,99,121)(H,100,124)(H,101,116)(H,102,118)(H,103,123)(H,104,119). The molecule has 3 fully saturated rings. The van der Waals surface area contributed by atoms with Crippen LogP contribution in [0.25, 0.3) is 21.8 Å². The molecule has 43 nitrogen and oxygen atoms in total. The van der Waals surface area contributed by atoms with Crippen molar-refractivity contribution in [2.45, 2.75) is 221 Å². The minimum Gasteiger partial charge on any atom is -0.508 e. The van der Waals surface area contributed by atoms with Gasteiger partial charge in [0, 0.05) is 113 Å². The number of nitrogens with one attached hydrogen (secondary N) is 12. The second-order valence-electron chi connectivity index (χ2n) is 32.8. The molecule has 5 aromatic rings. The highest BCUT2D eigenvalue weighted by molar-refractivity contribution is 8.00. The molecular weight excluding hydrogens is 1710 g/mol. The van der Waals surface area contributed by atoms with Crippen LogP contribution in [0.5, 0.6) is 5.75 Å². The summed E-state index contributed by atoms with van der Waals surface area (Å²) < 4.78 is 0. The Morgan fingerprint density at radius 2 is 0.992 bits per heavy atom. The topological polar surface area (TPSA) is 672 Å². The van der Waals surface area contributed by atoms with Gasteiger partial charge in [-0.05, 0) is 106 Å². The number of H-pyrrole nitrogens is 2. The first-order valence-corrected chi connectivity index (χ1v) is 44.6. The number of aromatic amines is 2. The zero-order valence-electron chi connectivity index (χ0n) is 73.8. The second kappa shape index (κ2) is 49.1. The molecule has 8 rings (SSSR count). The van der Waals surface area contributed by atoms with Crippen molar-refractivity contribution >= 4 is 140 Å². The van der Waals surface area contributed by atoms with E-state index < -0.39 is 254 Å². The molecule has 44 heteroatoms. The number of carbonyl (C=O) groups excluding carboxylic acids is 18. The fourth-order valence-corrected chi connectivity index (χ4v) is 16.8. The summed E-state index contributed by atoms with van der Waals surface area (Å²) in [5.41, 5.74) is 37.8. The highest BCUT2D eigenvalue weighted by Gasteiger charge is 2.47. The lowest BCUT2D eigenvalue weighted by Crippen LogP contribution is -2.61. The predicted octanol–water partition coefficient (Wildman–Crippen LogP) is -5.27. The number of aromatic nitrogens is 2. The number of primary amides is 3. The molecule has 3 aliphatic heterocycles. The molecule has 0 saturated carbocycles. The number of fused-ring (bicyclic) bond motifs is 4. The molecule has 26 N–H and O–H groups in total. The molecule has 0 aliphatic carbocycles. The number of amides is 18. The van der Waals surface area contributed by atoms with E-state index >= 15 is 33.6 Å². The fraction of sp³-hybridized carbons (Fsp3) is 0.535. The molecule has 0 radical (unpaired) electrons. The molecule has 15 unspecified atom stereocenters. The van der Waals surface area contributed by atoms with Crippen molar-refractivity contribution in [3.8, 4) is 5.75 Å². The van der Waals surface area contributed by atoms with Crippen molar-refractivity contribution in [3.05, 3.63) is 102 Å². The van der Waals surface area contributed by atoms with Gasteiger partial charge in [0.05, 0.1) is 24.8 Å². The summed E-state index contributed by atoms with van der Waals surface area (Å²) in [6.45, 7) is 2.38. The van der Waals surface area contributed by atoms with E-state index in [1.807, 2.05) is 13.8 Å². The molecule has 3 aliphatic rings. The number of aliphatic hydroxyl groups is 1. The van der Waals surface area contributed by atoms with E-state index in [0.717, 1.165) is 31.4 Å². The minimum atomic E-state index is -1.80. The van der Waals surface area contributed by atoms with Crippen LogP contribution in [0.4, 0.5) is 0 Å². The zero-order chi connectivity index (χ0) is 95.3. The summed E-state index contributed by atoms with van der Waals surface area (Å²) in [7, 11) is 3.92. The molecule has 5 heterocycles. The number of aromatic hydroxyl groups is 1. The number of unbranched alkanes of at least 4 members (excludes halogenated alkanes) is 2. The first-order chi connectivity index (χ1) is 61.9. The van der Waals surface area contributed by atoms with Gasteiger partial charge in [-0.15, -0.1) is 11.8 Å². The highest BCUT2D eigenvalue weighted by atomic mass is 32.2. The summed E-state index contributed by atoms with van der Waals surface area (Å²) >= 11 is 0.764. The van der Waals surface area contributed by atoms with Crippen LogP contribution >= 0.6 is 11.8 Å². The van der Waals surface area contributed by atoms with Crippen LogP contribution in [0, 0.1) is 0 Å². The zero-order valence-corrected chi connectivity index (χ0v) is 74.6. The monoisotopic (exact) mass is 1830 g/mol. The van der Waals surface area contributed by atoms with Gasteiger partial charge in [-0.25, -0.2) is 0 Å². The maximum atomic E-state index is 15.7. The summed E-state index contributed by atoms with van der Waals surface area (Å²) in [5.74, 6) is -18.4. The molecule has 18 amide bonds. The number of thioether (sulfide) groups is 1. The Morgan fingerprint density at radius 1 is 0.492 bits per heavy atom. The Bertz CT molecular complexity index is 4900. The quantitative estimate of drug-likeness (QED) is 0.0260. The number of phenolic OH excluding ortho intramolecular Hbond substituents is 1. The van der Waals surface area contributed by atoms with Crippen molar-refractivity contribution in [2.24, 2.45) is 34.4 Å². The van der Waals surface area contributed by atoms with Crippen LogP contribution in [-0.2, 0) is 106 Å². The molecular formula is C86H123N23O20S. The van der Waals surface area contributed by atoms with Gasteiger partial charge >= 0.3 is 0 Å². The summed E-state index contributed by atoms with van der Waals surface area (Å²) in [6, 6.07) is -2.27. The van der Waals surface area contributed by atoms with Gasteiger partial charge in [0.25, 0.3) is 0 Å². The largest absolute Gasteiger partial charge is 0.508 e. The third-order valence-corrected chi connectivity index (χ3v) is 24.3. The highest BCUT2D eigenvalue weighted by Crippen LogP contribution is 2.28. The maximum absolute atomic E-state index is 15.7. The predicted molar refractivity (Wildman–Crippen MR) is 477 cm³/mol. The number of hydrogen-bond donors (Lipinski definition) is 20. The van der Waals surface area contributed by atoms with Gasteiger partial charge in [0.15, 0.2) is 0 Å². The Labute approximate surface area is 755 Å². The van der Waals surface area contributed by atoms with Crippen molar-refractivity contribution in [2.75, 3.05) is 71.9 Å². The lowest BCUT2D eigenvalue weighted by Gasteiger charge is -2.36. The van der Waals surface area contributed by atoms with Gasteiger partial charge in [0.1, 0.15) is 90.3 Å². The van der Waals surface area contributed by atoms with E-state index in [4.69, 9.17) is 34.4 Å². The van der Waals surface area contributed by atoms with Gasteiger partial charge in [-0.2, -0.15) is 0 Å². The van der Waals surface area contributed by atoms with Crippen LogP contribution in [0.1, 0.15) is 127 Å². The SMILES string of the molecule is CCCCC1C(=O)N(C)C(CCCC)C(=O)NC(CCN)C(=O)NC(C(=O)NCC(N)=O)CSCC(=O)NC(Cc2ccc(O)cc2)C(=O)N(C)C(C)C(=O)NC(CC(N)=O)C(=O)N2CCCC2C(=O)NC(CN)C(=O)NC(CCC(N)=O)C(=O)N2CC(O)CC2C(=O)NC(Cc2c[nH]c3ccccc23)C(=O)NC(CCN)C(=O)NC(Cc2c[nH]c3ccccc23)C(=O)N1C. The summed E-state index contributed by atoms with van der Waals surface area (Å²) in [6.07, 6.45) is -0.0758. The van der Waals surface area contributed by atoms with E-state index in [1.165, 1.54) is 57.2 Å². The van der Waals surface area contributed by atoms with E-state index in [0.29, 0.717) is 64.2 Å². The number of benzene rings is 3. The molecule has 3 aromatic carbocycles. The lowest BCUT2D eigenvalue weighted by molar-refractivity contribution is -0.149. The van der Waals surface area contributed by atoms with Gasteiger partial charge in [-0.3, -0.25) is 86.3 Å². The van der Waals surface area contributed by atoms with Crippen molar-refractivity contribution in [3.63, 3.8) is 0 Å². The smallest absolute Gasteiger partial charge is 0.246 e. The molecule has 0 spiro atoms. The Hall–Kier alpha value is -12.8. The minimum absolute atomic E-state index is 0.00482. The first-order valence-electron chi connectivity index (χ1n) is 43.4. The van der Waals surface area contributed by atoms with Gasteiger partial charge in [-0.1, -0.05) is 88.1 Å². The number of likely N-dealkylation sites (N-methyl/N-ethyl adjacent to an activating group) is 3. The number of para-hydroxylation sites is 2. The number of nitrogens with zero attached hydrogens (tertiary/aromatic N) is 5. The fourth-order valence-electron chi connectivity index (χ4n) is 15.9. The van der Waals surface area contributed by atoms with Crippen molar-refractivity contribution in [1.29, 1.82) is 0 Å². The molecule has 130 heavy (non-hydrogen) atoms. The number of rotatable bonds is 25. The van der Waals surface area contributed by atoms with Crippen LogP contribution < -0.4 is 87.6 Å². The third-order valence-electron chi connectivity index (χ3n) is 23.3. The summed E-state index contributed by atoms with van der Waals surface area (Å²) in [4.78, 5) is 272. The van der Waals surface area contributed by atoms with Gasteiger partial charge < -0.3 is 132 Å². The van der Waals surface area contributed by atoms with Gasteiger partial charge in [0.2, 0.25) is 106 Å². The number of carbonyl (C=O) groups is 18. The Kier molecular flexibility index (Phi) is 38.7. The Morgan fingerprint density at radius 3 is 1.58 bits per heavy atom. The van der Waals surface area contributed by atoms with Crippen molar-refractivity contribution < 1.29 is 96.5 Å². The first kappa shape index (κ1) is 103. The molecule has 15 atom stereocenters. The van der Waals surface area contributed by atoms with E-state index in [9.17, 15) is 63.0 Å². The second-order valence-corrected chi connectivity index (χ2v) is 33.8. The third kappa shape index (κ3) is 28.1.